The summed E-state index contributed by atoms with van der Waals surface area (Å²) in [5, 5.41) is 6.38. The predicted molar refractivity (Wildman–Crippen MR) is 114 cm³/mol. The van der Waals surface area contributed by atoms with E-state index in [4.69, 9.17) is 9.47 Å². The summed E-state index contributed by atoms with van der Waals surface area (Å²) in [4.78, 5) is 18.3. The summed E-state index contributed by atoms with van der Waals surface area (Å²) in [5.74, 6) is 2.17. The van der Waals surface area contributed by atoms with Gasteiger partial charge in [-0.3, -0.25) is 4.99 Å². The molecule has 7 nitrogen and oxygen atoms in total. The van der Waals surface area contributed by atoms with Crippen molar-refractivity contribution in [1.29, 1.82) is 0 Å². The van der Waals surface area contributed by atoms with Crippen molar-refractivity contribution in [3.05, 3.63) is 0 Å². The molecule has 0 spiro atoms. The smallest absolute Gasteiger partial charge is 0.407 e. The van der Waals surface area contributed by atoms with E-state index in [0.717, 1.165) is 63.7 Å². The summed E-state index contributed by atoms with van der Waals surface area (Å²) in [6, 6.07) is 0.0969. The summed E-state index contributed by atoms with van der Waals surface area (Å²) >= 11 is 0. The van der Waals surface area contributed by atoms with Crippen molar-refractivity contribution in [3.8, 4) is 0 Å². The monoisotopic (exact) mass is 482 g/mol. The van der Waals surface area contributed by atoms with Gasteiger partial charge < -0.3 is 25.0 Å². The van der Waals surface area contributed by atoms with Crippen molar-refractivity contribution in [3.63, 3.8) is 0 Å². The molecule has 2 fully saturated rings. The Morgan fingerprint density at radius 2 is 2.00 bits per heavy atom. The maximum Gasteiger partial charge on any atom is 0.407 e. The van der Waals surface area contributed by atoms with E-state index in [0.29, 0.717) is 19.1 Å². The highest BCUT2D eigenvalue weighted by Gasteiger charge is 2.32. The summed E-state index contributed by atoms with van der Waals surface area (Å²) in [6.45, 7) is 5.65. The van der Waals surface area contributed by atoms with Crippen LogP contribution < -0.4 is 10.6 Å². The van der Waals surface area contributed by atoms with Gasteiger partial charge in [0, 0.05) is 40.4 Å². The molecule has 1 unspecified atom stereocenters. The fourth-order valence-corrected chi connectivity index (χ4v) is 3.26. The second-order valence-electron chi connectivity index (χ2n) is 7.00. The zero-order valence-electron chi connectivity index (χ0n) is 16.3. The highest BCUT2D eigenvalue weighted by molar-refractivity contribution is 14.0. The second kappa shape index (κ2) is 12.6. The molecule has 0 bridgehead atoms. The van der Waals surface area contributed by atoms with Gasteiger partial charge in [-0.15, -0.1) is 24.0 Å². The van der Waals surface area contributed by atoms with Gasteiger partial charge in [0.25, 0.3) is 0 Å². The maximum absolute atomic E-state index is 11.7. The molecule has 0 aromatic heterocycles. The molecule has 8 heteroatoms. The minimum Gasteiger partial charge on any atom is -0.450 e. The normalized spacial score (nSPS) is 19.3. The van der Waals surface area contributed by atoms with Crippen molar-refractivity contribution in [2.24, 2.45) is 16.8 Å². The Morgan fingerprint density at radius 3 is 2.58 bits per heavy atom. The Hall–Kier alpha value is -0.770. The maximum atomic E-state index is 11.7. The van der Waals surface area contributed by atoms with E-state index in [2.05, 4.69) is 27.6 Å². The number of amides is 1. The number of nitrogens with zero attached hydrogens (tertiary/aromatic N) is 2. The standard InChI is InChI=1S/C18H34N4O3.HI/c1-4-25-18(23)21-16(15-5-6-15)13-20-17(19-2)22(3)10-7-14-8-11-24-12-9-14;/h14-16H,4-13H2,1-3H3,(H,19,20)(H,21,23);1H. The quantitative estimate of drug-likeness (QED) is 0.316. The van der Waals surface area contributed by atoms with Gasteiger partial charge in [-0.1, -0.05) is 0 Å². The average Bonchev–Trinajstić information content (AvgIpc) is 3.45. The number of hydrogen-bond donors (Lipinski definition) is 2. The third-order valence-corrected chi connectivity index (χ3v) is 5.04. The Kier molecular flexibility index (Phi) is 11.3. The molecule has 1 aliphatic heterocycles. The molecular weight excluding hydrogens is 447 g/mol. The third-order valence-electron chi connectivity index (χ3n) is 5.04. The molecule has 26 heavy (non-hydrogen) atoms. The van der Waals surface area contributed by atoms with Crippen LogP contribution >= 0.6 is 24.0 Å². The lowest BCUT2D eigenvalue weighted by molar-refractivity contribution is 0.0625. The van der Waals surface area contributed by atoms with Crippen LogP contribution in [0.3, 0.4) is 0 Å². The van der Waals surface area contributed by atoms with Gasteiger partial charge >= 0.3 is 6.09 Å². The lowest BCUT2D eigenvalue weighted by Gasteiger charge is -2.28. The van der Waals surface area contributed by atoms with Crippen LogP contribution in [0.4, 0.5) is 4.79 Å². The summed E-state index contributed by atoms with van der Waals surface area (Å²) in [5.41, 5.74) is 0. The van der Waals surface area contributed by atoms with E-state index < -0.39 is 0 Å². The fourth-order valence-electron chi connectivity index (χ4n) is 3.26. The second-order valence-corrected chi connectivity index (χ2v) is 7.00. The van der Waals surface area contributed by atoms with Crippen LogP contribution in [-0.2, 0) is 9.47 Å². The minimum absolute atomic E-state index is 0. The Bertz CT molecular complexity index is 440. The molecule has 1 saturated heterocycles. The van der Waals surface area contributed by atoms with E-state index in [9.17, 15) is 4.79 Å². The summed E-state index contributed by atoms with van der Waals surface area (Å²) < 4.78 is 10.4. The molecule has 2 aliphatic rings. The number of ether oxygens (including phenoxy) is 2. The van der Waals surface area contributed by atoms with Gasteiger partial charge in [-0.2, -0.15) is 0 Å². The minimum atomic E-state index is -0.330. The van der Waals surface area contributed by atoms with Crippen LogP contribution in [0.5, 0.6) is 0 Å². The first-order valence-electron chi connectivity index (χ1n) is 9.56. The molecule has 1 aliphatic carbocycles. The number of alkyl carbamates (subject to hydrolysis) is 1. The van der Waals surface area contributed by atoms with E-state index in [1.165, 1.54) is 0 Å². The van der Waals surface area contributed by atoms with E-state index >= 15 is 0 Å². The summed E-state index contributed by atoms with van der Waals surface area (Å²) in [6.07, 6.45) is 5.48. The first kappa shape index (κ1) is 23.3. The number of halogens is 1. The largest absolute Gasteiger partial charge is 0.450 e. The molecule has 1 saturated carbocycles. The molecule has 2 N–H and O–H groups in total. The van der Waals surface area contributed by atoms with Gasteiger partial charge in [-0.25, -0.2) is 4.79 Å². The lowest BCUT2D eigenvalue weighted by atomic mass is 9.96. The van der Waals surface area contributed by atoms with Crippen molar-refractivity contribution >= 4 is 36.0 Å². The third kappa shape index (κ3) is 8.28. The van der Waals surface area contributed by atoms with Gasteiger partial charge in [0.1, 0.15) is 0 Å². The zero-order chi connectivity index (χ0) is 18.1. The molecule has 0 aromatic rings. The van der Waals surface area contributed by atoms with Crippen LogP contribution in [0.2, 0.25) is 0 Å². The van der Waals surface area contributed by atoms with Gasteiger partial charge in [0.2, 0.25) is 0 Å². The highest BCUT2D eigenvalue weighted by atomic mass is 127. The van der Waals surface area contributed by atoms with Crippen molar-refractivity contribution in [1.82, 2.24) is 15.5 Å². The Labute approximate surface area is 174 Å². The van der Waals surface area contributed by atoms with Crippen LogP contribution in [0.1, 0.15) is 39.0 Å². The van der Waals surface area contributed by atoms with Crippen molar-refractivity contribution in [2.45, 2.75) is 45.1 Å². The van der Waals surface area contributed by atoms with Crippen LogP contribution in [0.25, 0.3) is 0 Å². The van der Waals surface area contributed by atoms with Gasteiger partial charge in [0.15, 0.2) is 5.96 Å². The van der Waals surface area contributed by atoms with Crippen molar-refractivity contribution < 1.29 is 14.3 Å². The van der Waals surface area contributed by atoms with Crippen LogP contribution in [-0.4, -0.2) is 70.0 Å². The SMILES string of the molecule is CCOC(=O)NC(CNC(=NC)N(C)CCC1CCOCC1)C1CC1.I. The topological polar surface area (TPSA) is 75.2 Å². The lowest BCUT2D eigenvalue weighted by Crippen LogP contribution is -2.48. The molecule has 1 atom stereocenters. The Morgan fingerprint density at radius 1 is 1.31 bits per heavy atom. The van der Waals surface area contributed by atoms with Crippen LogP contribution in [0.15, 0.2) is 4.99 Å². The molecule has 152 valence electrons. The first-order valence-corrected chi connectivity index (χ1v) is 9.56. The first-order chi connectivity index (χ1) is 12.1. The number of rotatable bonds is 8. The van der Waals surface area contributed by atoms with E-state index in [1.54, 1.807) is 7.05 Å². The number of guanidine groups is 1. The fraction of sp³-hybridized carbons (Fsp3) is 0.889. The number of hydrogen-bond acceptors (Lipinski definition) is 4. The number of carbonyl (C=O) groups is 1. The van der Waals surface area contributed by atoms with Crippen LogP contribution in [0, 0.1) is 11.8 Å². The van der Waals surface area contributed by atoms with E-state index in [-0.39, 0.29) is 36.1 Å². The molecule has 0 radical (unpaired) electrons. The number of aliphatic imine (C=N–C) groups is 1. The Balaban J connectivity index is 0.00000338. The van der Waals surface area contributed by atoms with Gasteiger partial charge in [-0.05, 0) is 50.9 Å². The van der Waals surface area contributed by atoms with Crippen molar-refractivity contribution in [2.75, 3.05) is 47.0 Å². The van der Waals surface area contributed by atoms with Gasteiger partial charge in [0.05, 0.1) is 12.6 Å². The number of nitrogens with one attached hydrogen (secondary N) is 2. The molecular formula is C18H35IN4O3. The average molecular weight is 482 g/mol. The summed E-state index contributed by atoms with van der Waals surface area (Å²) in [7, 11) is 3.87. The molecule has 0 aromatic carbocycles. The number of carbonyl (C=O) groups excluding carboxylic acids is 1. The molecule has 2 rings (SSSR count). The zero-order valence-corrected chi connectivity index (χ0v) is 18.7. The highest BCUT2D eigenvalue weighted by Crippen LogP contribution is 2.32. The molecule has 1 amide bonds. The predicted octanol–water partition coefficient (Wildman–Crippen LogP) is 2.45. The van der Waals surface area contributed by atoms with E-state index in [1.807, 2.05) is 6.92 Å². The molecule has 1 heterocycles.